The van der Waals surface area contributed by atoms with Gasteiger partial charge >= 0.3 is 0 Å². The summed E-state index contributed by atoms with van der Waals surface area (Å²) >= 11 is 6.46. The van der Waals surface area contributed by atoms with Gasteiger partial charge in [-0.25, -0.2) is 0 Å². The zero-order chi connectivity index (χ0) is 23.9. The van der Waals surface area contributed by atoms with E-state index in [9.17, 15) is 10.1 Å². The topological polar surface area (TPSA) is 109 Å². The molecule has 1 aromatic carbocycles. The van der Waals surface area contributed by atoms with Crippen molar-refractivity contribution in [3.63, 3.8) is 0 Å². The SMILES string of the molecule is CCOC1=CC2N=CC(C#N)=C(Nc3ccc(OCc4ccccn4)c(Cl)c3)C2C=C1NC=O. The van der Waals surface area contributed by atoms with Crippen molar-refractivity contribution in [1.29, 1.82) is 5.26 Å². The van der Waals surface area contributed by atoms with Gasteiger partial charge in [-0.15, -0.1) is 0 Å². The lowest BCUT2D eigenvalue weighted by atomic mass is 9.86. The third-order valence-corrected chi connectivity index (χ3v) is 5.54. The number of hydrogen-bond donors (Lipinski definition) is 2. The van der Waals surface area contributed by atoms with Crippen LogP contribution in [0.25, 0.3) is 0 Å². The summed E-state index contributed by atoms with van der Waals surface area (Å²) < 4.78 is 11.4. The molecular weight excluding hydrogens is 454 g/mol. The Hall–Kier alpha value is -4.09. The van der Waals surface area contributed by atoms with Crippen molar-refractivity contribution in [2.75, 3.05) is 11.9 Å². The number of ether oxygens (including phenoxy) is 2. The van der Waals surface area contributed by atoms with Gasteiger partial charge in [0.2, 0.25) is 6.41 Å². The largest absolute Gasteiger partial charge is 0.492 e. The first-order valence-corrected chi connectivity index (χ1v) is 11.0. The molecule has 1 amide bonds. The van der Waals surface area contributed by atoms with Gasteiger partial charge in [0.15, 0.2) is 0 Å². The molecule has 2 aliphatic rings. The molecule has 4 rings (SSSR count). The van der Waals surface area contributed by atoms with Crippen molar-refractivity contribution in [1.82, 2.24) is 10.3 Å². The van der Waals surface area contributed by atoms with E-state index in [4.69, 9.17) is 21.1 Å². The van der Waals surface area contributed by atoms with Gasteiger partial charge in [0.1, 0.15) is 24.2 Å². The highest BCUT2D eigenvalue weighted by atomic mass is 35.5. The number of rotatable bonds is 9. The summed E-state index contributed by atoms with van der Waals surface area (Å²) in [5.41, 5.74) is 3.05. The Bertz CT molecular complexity index is 1230. The fourth-order valence-electron chi connectivity index (χ4n) is 3.70. The van der Waals surface area contributed by atoms with E-state index in [1.807, 2.05) is 43.3 Å². The fraction of sp³-hybridized carbons (Fsp3) is 0.200. The normalized spacial score (nSPS) is 18.7. The molecule has 2 unspecified atom stereocenters. The Morgan fingerprint density at radius 3 is 2.82 bits per heavy atom. The van der Waals surface area contributed by atoms with Crippen LogP contribution in [0.5, 0.6) is 5.75 Å². The Morgan fingerprint density at radius 1 is 1.24 bits per heavy atom. The molecular formula is C25H22ClN5O3. The number of nitrogens with one attached hydrogen (secondary N) is 2. The van der Waals surface area contributed by atoms with Gasteiger partial charge in [-0.2, -0.15) is 5.26 Å². The third kappa shape index (κ3) is 5.11. The van der Waals surface area contributed by atoms with E-state index in [0.29, 0.717) is 58.8 Å². The molecule has 0 radical (unpaired) electrons. The van der Waals surface area contributed by atoms with E-state index in [-0.39, 0.29) is 12.0 Å². The number of nitrogens with zero attached hydrogens (tertiary/aromatic N) is 3. The summed E-state index contributed by atoms with van der Waals surface area (Å²) in [6, 6.07) is 12.8. The molecule has 2 heterocycles. The molecule has 34 heavy (non-hydrogen) atoms. The maximum absolute atomic E-state index is 11.1. The second-order valence-corrected chi connectivity index (χ2v) is 7.83. The van der Waals surface area contributed by atoms with Crippen LogP contribution in [0.3, 0.4) is 0 Å². The number of carbonyl (C=O) groups is 1. The number of carbonyl (C=O) groups excluding carboxylic acids is 1. The summed E-state index contributed by atoms with van der Waals surface area (Å²) in [5, 5.41) is 16.1. The zero-order valence-electron chi connectivity index (χ0n) is 18.4. The lowest BCUT2D eigenvalue weighted by molar-refractivity contribution is -0.109. The molecule has 0 saturated carbocycles. The minimum atomic E-state index is -0.301. The van der Waals surface area contributed by atoms with Crippen LogP contribution in [0.1, 0.15) is 12.6 Å². The van der Waals surface area contributed by atoms with Crippen LogP contribution in [0, 0.1) is 17.2 Å². The Balaban J connectivity index is 1.56. The van der Waals surface area contributed by atoms with Crippen LogP contribution in [-0.2, 0) is 16.1 Å². The molecule has 0 bridgehead atoms. The maximum Gasteiger partial charge on any atom is 0.211 e. The lowest BCUT2D eigenvalue weighted by Crippen LogP contribution is -2.32. The average Bonchev–Trinajstić information content (AvgIpc) is 2.85. The van der Waals surface area contributed by atoms with Crippen LogP contribution in [0.4, 0.5) is 5.69 Å². The predicted octanol–water partition coefficient (Wildman–Crippen LogP) is 4.14. The van der Waals surface area contributed by atoms with Crippen LogP contribution in [0.15, 0.2) is 82.5 Å². The van der Waals surface area contributed by atoms with Gasteiger partial charge in [-0.05, 0) is 49.4 Å². The van der Waals surface area contributed by atoms with Crippen molar-refractivity contribution < 1.29 is 14.3 Å². The second kappa shape index (κ2) is 10.7. The highest BCUT2D eigenvalue weighted by molar-refractivity contribution is 6.32. The van der Waals surface area contributed by atoms with Crippen LogP contribution < -0.4 is 15.4 Å². The number of fused-ring (bicyclic) bond motifs is 1. The molecule has 8 nitrogen and oxygen atoms in total. The van der Waals surface area contributed by atoms with Gasteiger partial charge in [0.25, 0.3) is 0 Å². The van der Waals surface area contributed by atoms with E-state index < -0.39 is 0 Å². The van der Waals surface area contributed by atoms with Crippen molar-refractivity contribution in [2.45, 2.75) is 19.6 Å². The number of allylic oxidation sites excluding steroid dienone is 1. The summed E-state index contributed by atoms with van der Waals surface area (Å²) in [6.07, 6.45) is 7.52. The number of amides is 1. The first kappa shape index (κ1) is 23.1. The van der Waals surface area contributed by atoms with E-state index in [2.05, 4.69) is 26.7 Å². The summed E-state index contributed by atoms with van der Waals surface area (Å²) in [5.74, 6) is 0.769. The number of aliphatic imine (C=N–C) groups is 1. The predicted molar refractivity (Wildman–Crippen MR) is 129 cm³/mol. The van der Waals surface area contributed by atoms with Crippen molar-refractivity contribution >= 4 is 29.9 Å². The average molecular weight is 476 g/mol. The van der Waals surface area contributed by atoms with Crippen LogP contribution in [0.2, 0.25) is 5.02 Å². The number of anilines is 1. The standard InChI is InChI=1S/C25H22ClN5O3/c1-2-33-24-11-21-19(10-22(24)30-15-32)25(16(12-27)13-29-21)31-17-6-7-23(20(26)9-17)34-14-18-5-3-4-8-28-18/h3-11,13,15,19,21,31H,2,14H2,1H3,(H,30,32). The van der Waals surface area contributed by atoms with E-state index in [1.165, 1.54) is 0 Å². The fourth-order valence-corrected chi connectivity index (χ4v) is 3.93. The van der Waals surface area contributed by atoms with Gasteiger partial charge in [0, 0.05) is 29.7 Å². The lowest BCUT2D eigenvalue weighted by Gasteiger charge is -2.31. The monoisotopic (exact) mass is 475 g/mol. The van der Waals surface area contributed by atoms with E-state index in [0.717, 1.165) is 5.69 Å². The minimum absolute atomic E-state index is 0.283. The number of halogens is 1. The summed E-state index contributed by atoms with van der Waals surface area (Å²) in [4.78, 5) is 19.8. The molecule has 0 saturated heterocycles. The van der Waals surface area contributed by atoms with Crippen LogP contribution in [-0.4, -0.2) is 30.3 Å². The van der Waals surface area contributed by atoms with E-state index >= 15 is 0 Å². The number of benzene rings is 1. The van der Waals surface area contributed by atoms with Crippen molar-refractivity contribution in [2.24, 2.45) is 10.9 Å². The Labute approximate surface area is 202 Å². The van der Waals surface area contributed by atoms with Gasteiger partial charge in [-0.1, -0.05) is 17.7 Å². The van der Waals surface area contributed by atoms with Crippen LogP contribution >= 0.6 is 11.6 Å². The van der Waals surface area contributed by atoms with Crippen molar-refractivity contribution in [3.8, 4) is 11.8 Å². The Morgan fingerprint density at radius 2 is 2.12 bits per heavy atom. The number of aromatic nitrogens is 1. The van der Waals surface area contributed by atoms with Crippen molar-refractivity contribution in [3.05, 3.63) is 88.2 Å². The molecule has 2 atom stereocenters. The maximum atomic E-state index is 11.1. The van der Waals surface area contributed by atoms with Gasteiger partial charge in [0.05, 0.1) is 34.6 Å². The molecule has 9 heteroatoms. The molecule has 2 N–H and O–H groups in total. The summed E-state index contributed by atoms with van der Waals surface area (Å²) in [7, 11) is 0. The minimum Gasteiger partial charge on any atom is -0.492 e. The first-order valence-electron chi connectivity index (χ1n) is 10.7. The molecule has 2 aromatic rings. The number of pyridine rings is 1. The smallest absolute Gasteiger partial charge is 0.211 e. The quantitative estimate of drug-likeness (QED) is 0.528. The number of nitriles is 1. The molecule has 1 aliphatic heterocycles. The van der Waals surface area contributed by atoms with Gasteiger partial charge < -0.3 is 20.1 Å². The molecule has 172 valence electrons. The third-order valence-electron chi connectivity index (χ3n) is 5.25. The summed E-state index contributed by atoms with van der Waals surface area (Å²) in [6.45, 7) is 2.61. The van der Waals surface area contributed by atoms with E-state index in [1.54, 1.807) is 24.5 Å². The highest BCUT2D eigenvalue weighted by Crippen LogP contribution is 2.35. The molecule has 1 aliphatic carbocycles. The number of hydrogen-bond acceptors (Lipinski definition) is 7. The zero-order valence-corrected chi connectivity index (χ0v) is 19.1. The molecule has 1 aromatic heterocycles. The second-order valence-electron chi connectivity index (χ2n) is 7.42. The molecule has 0 fully saturated rings. The highest BCUT2D eigenvalue weighted by Gasteiger charge is 2.32. The van der Waals surface area contributed by atoms with Gasteiger partial charge in [-0.3, -0.25) is 14.8 Å². The number of dihydropyridines is 1. The molecule has 0 spiro atoms. The first-order chi connectivity index (χ1) is 16.6. The Kier molecular flexibility index (Phi) is 7.25.